The lowest BCUT2D eigenvalue weighted by Crippen LogP contribution is -2.48. The minimum atomic E-state index is -1.79. The number of hydrogen-bond donors (Lipinski definition) is 4. The number of nitrogens with zero attached hydrogens (tertiary/aromatic N) is 1. The van der Waals surface area contributed by atoms with Crippen LogP contribution in [0.5, 0.6) is 0 Å². The lowest BCUT2D eigenvalue weighted by molar-refractivity contribution is -0.175. The predicted molar refractivity (Wildman–Crippen MR) is 151 cm³/mol. The molecule has 0 fully saturated rings. The van der Waals surface area contributed by atoms with Gasteiger partial charge in [0.15, 0.2) is 6.10 Å². The molecule has 0 aliphatic carbocycles. The second kappa shape index (κ2) is 15.5. The van der Waals surface area contributed by atoms with Gasteiger partial charge in [0, 0.05) is 11.6 Å². The number of ether oxygens (including phenoxy) is 3. The summed E-state index contributed by atoms with van der Waals surface area (Å²) in [6, 6.07) is 14.4. The average molecular weight is 619 g/mol. The minimum absolute atomic E-state index is 0.0187. The molecule has 15 heteroatoms. The Balaban J connectivity index is 1.64. The van der Waals surface area contributed by atoms with Crippen molar-refractivity contribution < 1.29 is 43.0 Å². The van der Waals surface area contributed by atoms with Crippen molar-refractivity contribution in [1.29, 1.82) is 0 Å². The number of alkyl carbamates (subject to hydrolysis) is 1. The van der Waals surface area contributed by atoms with Gasteiger partial charge >= 0.3 is 23.9 Å². The van der Waals surface area contributed by atoms with Crippen LogP contribution >= 0.6 is 11.6 Å². The number of halogens is 1. The number of aromatic amines is 1. The van der Waals surface area contributed by atoms with Crippen LogP contribution in [-0.4, -0.2) is 71.8 Å². The Bertz CT molecular complexity index is 1470. The smallest absolute Gasteiger partial charge is 0.407 e. The number of hydrazine groups is 1. The largest absolute Gasteiger partial charge is 0.453 e. The molecular formula is C28H31ClN4O10. The molecule has 2 amide bonds. The SMILES string of the molecule is COC(=O)NC(C(=O)OCOC(=O)C(O)CN(Cc1ccc(-c2cccc(Cl)c2)cc1)NC(=O)c1cc(=O)[nH]o1)C(C)C. The van der Waals surface area contributed by atoms with E-state index in [-0.39, 0.29) is 18.2 Å². The van der Waals surface area contributed by atoms with Gasteiger partial charge in [0.1, 0.15) is 6.04 Å². The third kappa shape index (κ3) is 9.99. The molecule has 1 heterocycles. The molecule has 43 heavy (non-hydrogen) atoms. The summed E-state index contributed by atoms with van der Waals surface area (Å²) in [5.41, 5.74) is 4.32. The molecule has 3 rings (SSSR count). The standard InChI is InChI=1S/C28H31ClN4O10/c1-16(2)24(30-28(39)40-3)27(38)42-15-41-26(37)21(34)14-33(31-25(36)22-12-23(35)32-43-22)13-17-7-9-18(10-8-17)19-5-4-6-20(29)11-19/h4-12,16,21,24,34H,13-15H2,1-3H3,(H,30,39)(H,31,36)(H,32,35). The van der Waals surface area contributed by atoms with E-state index < -0.39 is 55.0 Å². The van der Waals surface area contributed by atoms with E-state index in [1.807, 2.05) is 35.5 Å². The number of nitrogens with one attached hydrogen (secondary N) is 3. The Morgan fingerprint density at radius 3 is 2.33 bits per heavy atom. The van der Waals surface area contributed by atoms with Gasteiger partial charge < -0.3 is 29.2 Å². The highest BCUT2D eigenvalue weighted by Crippen LogP contribution is 2.23. The number of esters is 2. The van der Waals surface area contributed by atoms with Gasteiger partial charge in [-0.25, -0.2) is 19.4 Å². The molecule has 0 aliphatic heterocycles. The van der Waals surface area contributed by atoms with E-state index in [4.69, 9.17) is 25.6 Å². The fourth-order valence-electron chi connectivity index (χ4n) is 3.73. The summed E-state index contributed by atoms with van der Waals surface area (Å²) in [7, 11) is 1.14. The van der Waals surface area contributed by atoms with Crippen LogP contribution in [0.15, 0.2) is 63.9 Å². The highest BCUT2D eigenvalue weighted by atomic mass is 35.5. The molecule has 1 aromatic heterocycles. The van der Waals surface area contributed by atoms with Crippen LogP contribution in [-0.2, 0) is 30.3 Å². The number of rotatable bonds is 13. The number of carbonyl (C=O) groups is 4. The van der Waals surface area contributed by atoms with Crippen molar-refractivity contribution in [3.05, 3.63) is 81.3 Å². The molecule has 14 nitrogen and oxygen atoms in total. The number of hydrogen-bond acceptors (Lipinski definition) is 11. The summed E-state index contributed by atoms with van der Waals surface area (Å²) in [6.07, 6.45) is -2.64. The Morgan fingerprint density at radius 2 is 1.72 bits per heavy atom. The highest BCUT2D eigenvalue weighted by molar-refractivity contribution is 6.30. The molecule has 0 bridgehead atoms. The molecule has 0 saturated heterocycles. The third-order valence-electron chi connectivity index (χ3n) is 5.94. The van der Waals surface area contributed by atoms with Crippen LogP contribution < -0.4 is 16.3 Å². The monoisotopic (exact) mass is 618 g/mol. The zero-order chi connectivity index (χ0) is 31.5. The van der Waals surface area contributed by atoms with Crippen LogP contribution in [0.2, 0.25) is 5.02 Å². The lowest BCUT2D eigenvalue weighted by atomic mass is 10.0. The fraction of sp³-hybridized carbons (Fsp3) is 0.321. The number of benzene rings is 2. The fourth-order valence-corrected chi connectivity index (χ4v) is 3.92. The number of aliphatic hydroxyl groups excluding tert-OH is 1. The van der Waals surface area contributed by atoms with E-state index >= 15 is 0 Å². The topological polar surface area (TPSA) is 190 Å². The Morgan fingerprint density at radius 1 is 1.02 bits per heavy atom. The molecule has 0 spiro atoms. The van der Waals surface area contributed by atoms with E-state index in [1.165, 1.54) is 5.01 Å². The number of H-pyrrole nitrogens is 1. The van der Waals surface area contributed by atoms with Crippen molar-refractivity contribution in [2.24, 2.45) is 5.92 Å². The van der Waals surface area contributed by atoms with E-state index in [9.17, 15) is 29.1 Å². The van der Waals surface area contributed by atoms with Gasteiger partial charge in [-0.2, -0.15) is 5.16 Å². The van der Waals surface area contributed by atoms with Crippen LogP contribution in [0.25, 0.3) is 11.1 Å². The zero-order valence-corrected chi connectivity index (χ0v) is 24.3. The van der Waals surface area contributed by atoms with Crippen molar-refractivity contribution in [2.45, 2.75) is 32.5 Å². The van der Waals surface area contributed by atoms with Gasteiger partial charge in [0.25, 0.3) is 5.56 Å². The van der Waals surface area contributed by atoms with Crippen molar-refractivity contribution in [1.82, 2.24) is 20.9 Å². The van der Waals surface area contributed by atoms with Gasteiger partial charge in [0.2, 0.25) is 12.6 Å². The van der Waals surface area contributed by atoms with Crippen molar-refractivity contribution in [2.75, 3.05) is 20.4 Å². The first-order chi connectivity index (χ1) is 20.5. The number of carbonyl (C=O) groups excluding carboxylic acids is 4. The summed E-state index contributed by atoms with van der Waals surface area (Å²) in [5.74, 6) is -3.55. The van der Waals surface area contributed by atoms with E-state index in [1.54, 1.807) is 32.0 Å². The molecule has 2 unspecified atom stereocenters. The third-order valence-corrected chi connectivity index (χ3v) is 6.17. The second-order valence-corrected chi connectivity index (χ2v) is 9.96. The molecule has 2 atom stereocenters. The van der Waals surface area contributed by atoms with Gasteiger partial charge in [-0.05, 0) is 34.7 Å². The number of methoxy groups -OCH3 is 1. The second-order valence-electron chi connectivity index (χ2n) is 9.52. The maximum Gasteiger partial charge on any atom is 0.407 e. The van der Waals surface area contributed by atoms with E-state index in [2.05, 4.69) is 15.5 Å². The molecule has 0 saturated carbocycles. The summed E-state index contributed by atoms with van der Waals surface area (Å²) in [5, 5.41) is 16.6. The maximum absolute atomic E-state index is 12.6. The van der Waals surface area contributed by atoms with E-state index in [0.29, 0.717) is 10.6 Å². The average Bonchev–Trinajstić information content (AvgIpc) is 3.42. The first-order valence-electron chi connectivity index (χ1n) is 12.9. The number of aromatic nitrogens is 1. The van der Waals surface area contributed by atoms with Gasteiger partial charge in [-0.15, -0.1) is 0 Å². The zero-order valence-electron chi connectivity index (χ0n) is 23.5. The first-order valence-corrected chi connectivity index (χ1v) is 13.3. The molecule has 4 N–H and O–H groups in total. The summed E-state index contributed by atoms with van der Waals surface area (Å²) < 4.78 is 19.1. The lowest BCUT2D eigenvalue weighted by Gasteiger charge is -2.25. The molecule has 3 aromatic rings. The number of aliphatic hydroxyl groups is 1. The van der Waals surface area contributed by atoms with Gasteiger partial charge in [-0.1, -0.05) is 61.8 Å². The van der Waals surface area contributed by atoms with Crippen LogP contribution in [0.1, 0.15) is 30.0 Å². The summed E-state index contributed by atoms with van der Waals surface area (Å²) >= 11 is 6.08. The maximum atomic E-state index is 12.6. The minimum Gasteiger partial charge on any atom is -0.453 e. The van der Waals surface area contributed by atoms with Crippen LogP contribution in [0, 0.1) is 5.92 Å². The van der Waals surface area contributed by atoms with Crippen LogP contribution in [0.4, 0.5) is 4.79 Å². The molecule has 230 valence electrons. The Hall–Kier alpha value is -4.66. The summed E-state index contributed by atoms with van der Waals surface area (Å²) in [4.78, 5) is 60.3. The Kier molecular flexibility index (Phi) is 11.9. The molecular weight excluding hydrogens is 588 g/mol. The van der Waals surface area contributed by atoms with Crippen molar-refractivity contribution in [3.8, 4) is 11.1 Å². The normalized spacial score (nSPS) is 12.3. The van der Waals surface area contributed by atoms with Crippen LogP contribution in [0.3, 0.4) is 0 Å². The molecule has 0 aliphatic rings. The highest BCUT2D eigenvalue weighted by Gasteiger charge is 2.28. The number of amides is 2. The molecule has 2 aromatic carbocycles. The summed E-state index contributed by atoms with van der Waals surface area (Å²) in [6.45, 7) is 2.03. The van der Waals surface area contributed by atoms with E-state index in [0.717, 1.165) is 24.3 Å². The quantitative estimate of drug-likeness (QED) is 0.125. The Labute approximate surface area is 250 Å². The first kappa shape index (κ1) is 32.8. The van der Waals surface area contributed by atoms with Crippen molar-refractivity contribution >= 4 is 35.5 Å². The predicted octanol–water partition coefficient (Wildman–Crippen LogP) is 2.22. The van der Waals surface area contributed by atoms with Gasteiger partial charge in [0.05, 0.1) is 19.7 Å². The van der Waals surface area contributed by atoms with Crippen molar-refractivity contribution in [3.63, 3.8) is 0 Å². The molecule has 0 radical (unpaired) electrons. The van der Waals surface area contributed by atoms with Gasteiger partial charge in [-0.3, -0.25) is 15.0 Å².